The van der Waals surface area contributed by atoms with Crippen LogP contribution >= 0.6 is 0 Å². The minimum absolute atomic E-state index is 0.120. The molecular weight excluding hydrogens is 234 g/mol. The van der Waals surface area contributed by atoms with Gasteiger partial charge in [0, 0.05) is 11.1 Å². The van der Waals surface area contributed by atoms with Gasteiger partial charge in [-0.25, -0.2) is 4.79 Å². The molecule has 0 saturated heterocycles. The molecule has 0 atom stereocenters. The number of benzene rings is 1. The Hall–Kier alpha value is -2.39. The molecule has 0 fully saturated rings. The predicted octanol–water partition coefficient (Wildman–Crippen LogP) is 1.09. The molecule has 0 heterocycles. The van der Waals surface area contributed by atoms with E-state index < -0.39 is 5.97 Å². The van der Waals surface area contributed by atoms with Crippen molar-refractivity contribution >= 4 is 17.8 Å². The van der Waals surface area contributed by atoms with E-state index in [1.807, 2.05) is 0 Å². The quantitative estimate of drug-likeness (QED) is 0.480. The van der Waals surface area contributed by atoms with Crippen molar-refractivity contribution in [3.05, 3.63) is 41.5 Å². The van der Waals surface area contributed by atoms with E-state index in [0.717, 1.165) is 0 Å². The highest BCUT2D eigenvalue weighted by Crippen LogP contribution is 1.98. The van der Waals surface area contributed by atoms with Crippen LogP contribution in [0.5, 0.6) is 0 Å². The molecule has 94 valence electrons. The number of carbonyl (C=O) groups excluding carboxylic acids is 3. The molecule has 5 heteroatoms. The van der Waals surface area contributed by atoms with Gasteiger partial charge in [0.1, 0.15) is 5.94 Å². The van der Waals surface area contributed by atoms with Crippen LogP contribution in [0.15, 0.2) is 35.9 Å². The third-order valence-electron chi connectivity index (χ3n) is 2.09. The summed E-state index contributed by atoms with van der Waals surface area (Å²) in [4.78, 5) is 32.9. The average Bonchev–Trinajstić information content (AvgIpc) is 2.39. The summed E-state index contributed by atoms with van der Waals surface area (Å²) in [5.41, 5.74) is 0.743. The van der Waals surface area contributed by atoms with Crippen molar-refractivity contribution in [3.8, 4) is 0 Å². The summed E-state index contributed by atoms with van der Waals surface area (Å²) in [6.45, 7) is 1.26. The Labute approximate surface area is 104 Å². The van der Waals surface area contributed by atoms with Gasteiger partial charge in [-0.3, -0.25) is 9.59 Å². The third-order valence-corrected chi connectivity index (χ3v) is 2.09. The van der Waals surface area contributed by atoms with E-state index in [0.29, 0.717) is 5.56 Å². The van der Waals surface area contributed by atoms with Crippen LogP contribution in [0.25, 0.3) is 0 Å². The number of hydrogen-bond acceptors (Lipinski definition) is 4. The number of esters is 1. The van der Waals surface area contributed by atoms with E-state index in [1.54, 1.807) is 36.3 Å². The van der Waals surface area contributed by atoms with E-state index >= 15 is 0 Å². The second-order valence-electron chi connectivity index (χ2n) is 3.59. The molecule has 1 rings (SSSR count). The number of hydrogen-bond donors (Lipinski definition) is 1. The lowest BCUT2D eigenvalue weighted by molar-refractivity contribution is -0.143. The zero-order chi connectivity index (χ0) is 13.4. The van der Waals surface area contributed by atoms with Gasteiger partial charge < -0.3 is 10.1 Å². The lowest BCUT2D eigenvalue weighted by Gasteiger charge is -2.06. The summed E-state index contributed by atoms with van der Waals surface area (Å²) in [6.07, 6.45) is -0.120. The normalized spacial score (nSPS) is 9.17. The molecule has 0 aromatic heterocycles. The number of rotatable bonds is 5. The van der Waals surface area contributed by atoms with Gasteiger partial charge in [0.2, 0.25) is 0 Å². The molecule has 5 nitrogen and oxygen atoms in total. The Kier molecular flexibility index (Phi) is 5.35. The monoisotopic (exact) mass is 247 g/mol. The first-order valence-electron chi connectivity index (χ1n) is 5.33. The molecule has 1 aromatic rings. The standard InChI is InChI=1S/C13H13NO4/c1-10(8-15)7-12(16)18-9-14-13(17)11-5-3-2-4-6-11/h2-6H,7,9H2,1H3,(H,14,17). The number of amides is 1. The Morgan fingerprint density at radius 2 is 1.94 bits per heavy atom. The fourth-order valence-corrected chi connectivity index (χ4v) is 1.18. The highest BCUT2D eigenvalue weighted by Gasteiger charge is 2.07. The van der Waals surface area contributed by atoms with Crippen molar-refractivity contribution in [2.24, 2.45) is 0 Å². The van der Waals surface area contributed by atoms with Gasteiger partial charge in [-0.2, -0.15) is 0 Å². The van der Waals surface area contributed by atoms with Crippen LogP contribution in [0, 0.1) is 0 Å². The summed E-state index contributed by atoms with van der Waals surface area (Å²) < 4.78 is 4.74. The Morgan fingerprint density at radius 3 is 2.56 bits per heavy atom. The molecule has 0 spiro atoms. The summed E-state index contributed by atoms with van der Waals surface area (Å²) >= 11 is 0. The molecule has 0 aliphatic heterocycles. The number of carbonyl (C=O) groups is 2. The van der Waals surface area contributed by atoms with Crippen LogP contribution in [0.4, 0.5) is 0 Å². The highest BCUT2D eigenvalue weighted by molar-refractivity contribution is 5.94. The van der Waals surface area contributed by atoms with Gasteiger partial charge in [-0.1, -0.05) is 18.2 Å². The summed E-state index contributed by atoms with van der Waals surface area (Å²) in [5, 5.41) is 2.43. The van der Waals surface area contributed by atoms with Gasteiger partial charge in [-0.15, -0.1) is 0 Å². The third kappa shape index (κ3) is 4.63. The molecule has 1 amide bonds. The van der Waals surface area contributed by atoms with Crippen molar-refractivity contribution in [3.63, 3.8) is 0 Å². The van der Waals surface area contributed by atoms with Crippen LogP contribution in [0.2, 0.25) is 0 Å². The maximum absolute atomic E-state index is 11.5. The van der Waals surface area contributed by atoms with Gasteiger partial charge in [0.25, 0.3) is 5.91 Å². The van der Waals surface area contributed by atoms with Crippen LogP contribution in [0.3, 0.4) is 0 Å². The van der Waals surface area contributed by atoms with Crippen LogP contribution in [-0.4, -0.2) is 24.5 Å². The lowest BCUT2D eigenvalue weighted by atomic mass is 10.2. The average molecular weight is 247 g/mol. The van der Waals surface area contributed by atoms with E-state index in [2.05, 4.69) is 5.32 Å². The molecule has 0 aliphatic carbocycles. The Balaban J connectivity index is 2.32. The van der Waals surface area contributed by atoms with Crippen molar-refractivity contribution in [2.45, 2.75) is 13.3 Å². The van der Waals surface area contributed by atoms with Crippen molar-refractivity contribution in [1.82, 2.24) is 5.32 Å². The number of ether oxygens (including phenoxy) is 1. The van der Waals surface area contributed by atoms with Gasteiger partial charge >= 0.3 is 5.97 Å². The second kappa shape index (κ2) is 7.04. The molecule has 0 bridgehead atoms. The molecule has 1 aromatic carbocycles. The molecule has 0 unspecified atom stereocenters. The zero-order valence-electron chi connectivity index (χ0n) is 9.93. The Bertz CT molecular complexity index is 475. The van der Waals surface area contributed by atoms with E-state index in [-0.39, 0.29) is 24.6 Å². The fourth-order valence-electron chi connectivity index (χ4n) is 1.18. The smallest absolute Gasteiger partial charge is 0.312 e. The first-order valence-corrected chi connectivity index (χ1v) is 5.33. The van der Waals surface area contributed by atoms with E-state index in [4.69, 9.17) is 4.74 Å². The first-order chi connectivity index (χ1) is 8.63. The van der Waals surface area contributed by atoms with Crippen molar-refractivity contribution < 1.29 is 19.1 Å². The van der Waals surface area contributed by atoms with Crippen molar-refractivity contribution in [2.75, 3.05) is 6.73 Å². The molecule has 1 N–H and O–H groups in total. The topological polar surface area (TPSA) is 72.5 Å². The van der Waals surface area contributed by atoms with Gasteiger partial charge in [0.05, 0.1) is 6.42 Å². The molecule has 0 radical (unpaired) electrons. The maximum Gasteiger partial charge on any atom is 0.312 e. The van der Waals surface area contributed by atoms with Crippen molar-refractivity contribution in [1.29, 1.82) is 0 Å². The summed E-state index contributed by atoms with van der Waals surface area (Å²) in [5.74, 6) is 0.692. The van der Waals surface area contributed by atoms with Crippen LogP contribution < -0.4 is 5.32 Å². The summed E-state index contributed by atoms with van der Waals surface area (Å²) in [6, 6.07) is 8.57. The molecule has 0 aliphatic rings. The lowest BCUT2D eigenvalue weighted by Crippen LogP contribution is -2.27. The van der Waals surface area contributed by atoms with E-state index in [9.17, 15) is 14.4 Å². The number of nitrogens with one attached hydrogen (secondary N) is 1. The van der Waals surface area contributed by atoms with Gasteiger partial charge in [-0.05, 0) is 19.1 Å². The maximum atomic E-state index is 11.5. The first kappa shape index (κ1) is 13.7. The molecule has 0 saturated carbocycles. The highest BCUT2D eigenvalue weighted by atomic mass is 16.5. The Morgan fingerprint density at radius 1 is 1.28 bits per heavy atom. The largest absolute Gasteiger partial charge is 0.444 e. The van der Waals surface area contributed by atoms with E-state index in [1.165, 1.54) is 6.92 Å². The molecular formula is C13H13NO4. The minimum atomic E-state index is -0.579. The zero-order valence-corrected chi connectivity index (χ0v) is 9.93. The van der Waals surface area contributed by atoms with Crippen LogP contribution in [-0.2, 0) is 14.3 Å². The fraction of sp³-hybridized carbons (Fsp3) is 0.231. The summed E-state index contributed by atoms with van der Waals surface area (Å²) in [7, 11) is 0. The minimum Gasteiger partial charge on any atom is -0.444 e. The second-order valence-corrected chi connectivity index (χ2v) is 3.59. The SMILES string of the molecule is CC(=C=O)CC(=O)OCNC(=O)c1ccccc1. The molecule has 18 heavy (non-hydrogen) atoms. The predicted molar refractivity (Wildman–Crippen MR) is 64.4 cm³/mol. The van der Waals surface area contributed by atoms with Crippen LogP contribution in [0.1, 0.15) is 23.7 Å². The van der Waals surface area contributed by atoms with Gasteiger partial charge in [0.15, 0.2) is 6.73 Å².